The second kappa shape index (κ2) is 9.35. The van der Waals surface area contributed by atoms with Crippen molar-refractivity contribution in [3.63, 3.8) is 0 Å². The Balaban J connectivity index is 1.93. The van der Waals surface area contributed by atoms with E-state index in [1.54, 1.807) is 36.5 Å². The Bertz CT molecular complexity index is 836. The van der Waals surface area contributed by atoms with Crippen molar-refractivity contribution in [2.24, 2.45) is 11.6 Å². The van der Waals surface area contributed by atoms with E-state index in [0.717, 1.165) is 0 Å². The van der Waals surface area contributed by atoms with Crippen LogP contribution >= 0.6 is 0 Å². The van der Waals surface area contributed by atoms with Gasteiger partial charge in [0.1, 0.15) is 11.6 Å². The first-order valence-corrected chi connectivity index (χ1v) is 8.26. The third kappa shape index (κ3) is 6.79. The molecule has 2 rings (SSSR count). The minimum Gasteiger partial charge on any atom is -0.401 e. The van der Waals surface area contributed by atoms with Crippen LogP contribution < -0.4 is 27.2 Å². The lowest BCUT2D eigenvalue weighted by molar-refractivity contribution is -0.116. The number of hydrogen-bond acceptors (Lipinski definition) is 5. The van der Waals surface area contributed by atoms with Crippen LogP contribution in [0.1, 0.15) is 19.8 Å². The van der Waals surface area contributed by atoms with Crippen molar-refractivity contribution in [3.8, 4) is 0 Å². The van der Waals surface area contributed by atoms with E-state index in [1.807, 2.05) is 0 Å². The molecule has 2 aromatic rings. The lowest BCUT2D eigenvalue weighted by Crippen LogP contribution is -2.26. The summed E-state index contributed by atoms with van der Waals surface area (Å²) in [5, 5.41) is 6.52. The third-order valence-electron chi connectivity index (χ3n) is 3.58. The highest BCUT2D eigenvalue weighted by atomic mass is 19.1. The van der Waals surface area contributed by atoms with Gasteiger partial charge in [-0.2, -0.15) is 0 Å². The number of carbonyl (C=O) groups excluding carboxylic acids is 2. The largest absolute Gasteiger partial charge is 0.401 e. The van der Waals surface area contributed by atoms with Crippen LogP contribution in [0, 0.1) is 5.82 Å². The van der Waals surface area contributed by atoms with Gasteiger partial charge in [0.15, 0.2) is 0 Å². The van der Waals surface area contributed by atoms with Crippen LogP contribution in [0.2, 0.25) is 0 Å². The van der Waals surface area contributed by atoms with Crippen LogP contribution in [-0.2, 0) is 4.79 Å². The lowest BCUT2D eigenvalue weighted by atomic mass is 10.2. The molecule has 6 N–H and O–H groups in total. The first kappa shape index (κ1) is 19.9. The van der Waals surface area contributed by atoms with Crippen LogP contribution in [0.3, 0.4) is 0 Å². The van der Waals surface area contributed by atoms with Crippen molar-refractivity contribution >= 4 is 28.9 Å². The monoisotopic (exact) mass is 371 g/mol. The molecule has 0 radical (unpaired) electrons. The van der Waals surface area contributed by atoms with Crippen molar-refractivity contribution in [3.05, 3.63) is 66.2 Å². The van der Waals surface area contributed by atoms with Gasteiger partial charge in [-0.05, 0) is 55.8 Å². The van der Waals surface area contributed by atoms with Gasteiger partial charge in [-0.15, -0.1) is 0 Å². The van der Waals surface area contributed by atoms with Gasteiger partial charge in [0.25, 0.3) is 0 Å². The summed E-state index contributed by atoms with van der Waals surface area (Å²) in [7, 11) is 0. The molecule has 0 aliphatic heterocycles. The van der Waals surface area contributed by atoms with Crippen molar-refractivity contribution in [2.45, 2.75) is 19.8 Å². The highest BCUT2D eigenvalue weighted by Gasteiger charge is 2.05. The molecule has 0 aliphatic rings. The number of anilines is 3. The average Bonchev–Trinajstić information content (AvgIpc) is 2.60. The number of hydrazine groups is 1. The highest BCUT2D eigenvalue weighted by Crippen LogP contribution is 2.17. The molecule has 2 amide bonds. The average molecular weight is 371 g/mol. The minimum absolute atomic E-state index is 0.0573. The number of rotatable bonds is 7. The molecule has 0 atom stereocenters. The number of carbonyl (C=O) groups is 2. The summed E-state index contributed by atoms with van der Waals surface area (Å²) in [5.74, 6) is 5.55. The Kier molecular flexibility index (Phi) is 6.90. The van der Waals surface area contributed by atoms with Gasteiger partial charge in [-0.3, -0.25) is 5.01 Å². The molecule has 8 heteroatoms. The molecule has 0 unspecified atom stereocenters. The molecular formula is C19H22FN5O2. The molecule has 7 nitrogen and oxygen atoms in total. The molecule has 142 valence electrons. The Morgan fingerprint density at radius 2 is 1.74 bits per heavy atom. The summed E-state index contributed by atoms with van der Waals surface area (Å²) in [5.41, 5.74) is 7.86. The number of nitrogens with one attached hydrogen (secondary N) is 2. The molecule has 0 aliphatic carbocycles. The van der Waals surface area contributed by atoms with Gasteiger partial charge >= 0.3 is 6.03 Å². The Morgan fingerprint density at radius 1 is 1.07 bits per heavy atom. The normalized spacial score (nSPS) is 11.0. The smallest absolute Gasteiger partial charge is 0.323 e. The number of nitrogens with two attached hydrogens (primary N) is 2. The van der Waals surface area contributed by atoms with Gasteiger partial charge in [0, 0.05) is 29.7 Å². The molecule has 27 heavy (non-hydrogen) atoms. The van der Waals surface area contributed by atoms with Gasteiger partial charge < -0.3 is 21.2 Å². The lowest BCUT2D eigenvalue weighted by Gasteiger charge is -2.16. The van der Waals surface area contributed by atoms with Crippen LogP contribution in [0.15, 0.2) is 60.4 Å². The number of benzene rings is 2. The van der Waals surface area contributed by atoms with Gasteiger partial charge in [0.2, 0.25) is 0 Å². The number of ketones is 1. The second-order valence-electron chi connectivity index (χ2n) is 5.95. The minimum atomic E-state index is -0.494. The molecular weight excluding hydrogens is 349 g/mol. The molecule has 0 saturated heterocycles. The standard InChI is InChI=1S/C19H22FN5O2/c1-13(26)5-6-15(21)12-25(22)18-9-7-16(8-10-18)23-19(27)24-17-4-2-3-14(20)11-17/h2-4,7-12H,5-6,21-22H2,1H3,(H2,23,24,27)/b15-12-. The van der Waals surface area contributed by atoms with Crippen LogP contribution in [0.25, 0.3) is 0 Å². The maximum absolute atomic E-state index is 13.1. The number of allylic oxidation sites excluding steroid dienone is 1. The number of urea groups is 1. The second-order valence-corrected chi connectivity index (χ2v) is 5.95. The van der Waals surface area contributed by atoms with Crippen LogP contribution in [0.4, 0.5) is 26.2 Å². The zero-order chi connectivity index (χ0) is 19.8. The molecule has 0 heterocycles. The van der Waals surface area contributed by atoms with E-state index >= 15 is 0 Å². The van der Waals surface area contributed by atoms with E-state index in [-0.39, 0.29) is 5.78 Å². The van der Waals surface area contributed by atoms with Gasteiger partial charge in [-0.25, -0.2) is 15.0 Å². The Hall–Kier alpha value is -3.39. The van der Waals surface area contributed by atoms with Crippen molar-refractivity contribution in [1.29, 1.82) is 0 Å². The topological polar surface area (TPSA) is 113 Å². The maximum atomic E-state index is 13.1. The highest BCUT2D eigenvalue weighted by molar-refractivity contribution is 5.99. The Morgan fingerprint density at radius 3 is 2.37 bits per heavy atom. The number of nitrogens with zero attached hydrogens (tertiary/aromatic N) is 1. The zero-order valence-corrected chi connectivity index (χ0v) is 14.9. The van der Waals surface area contributed by atoms with Crippen LogP contribution in [-0.4, -0.2) is 11.8 Å². The first-order chi connectivity index (χ1) is 12.8. The van der Waals surface area contributed by atoms with E-state index in [4.69, 9.17) is 11.6 Å². The third-order valence-corrected chi connectivity index (χ3v) is 3.58. The van der Waals surface area contributed by atoms with E-state index in [1.165, 1.54) is 30.1 Å². The van der Waals surface area contributed by atoms with E-state index in [0.29, 0.717) is 35.6 Å². The van der Waals surface area contributed by atoms with Crippen molar-refractivity contribution in [2.75, 3.05) is 15.6 Å². The summed E-state index contributed by atoms with van der Waals surface area (Å²) >= 11 is 0. The summed E-state index contributed by atoms with van der Waals surface area (Å²) in [4.78, 5) is 22.9. The van der Waals surface area contributed by atoms with Gasteiger partial charge in [0.05, 0.1) is 5.69 Å². The summed E-state index contributed by atoms with van der Waals surface area (Å²) < 4.78 is 13.1. The van der Waals surface area contributed by atoms with E-state index in [9.17, 15) is 14.0 Å². The molecule has 0 saturated carbocycles. The van der Waals surface area contributed by atoms with Crippen LogP contribution in [0.5, 0.6) is 0 Å². The number of Topliss-reactive ketones (excluding diaryl/α,β-unsaturated/α-hetero) is 1. The SMILES string of the molecule is CC(=O)CC/C(N)=C/N(N)c1ccc(NC(=O)Nc2cccc(F)c2)cc1. The quantitative estimate of drug-likeness (QED) is 0.440. The molecule has 0 fully saturated rings. The predicted octanol–water partition coefficient (Wildman–Crippen LogP) is 3.32. The number of amides is 2. The van der Waals surface area contributed by atoms with E-state index in [2.05, 4.69) is 10.6 Å². The van der Waals surface area contributed by atoms with Crippen molar-refractivity contribution < 1.29 is 14.0 Å². The summed E-state index contributed by atoms with van der Waals surface area (Å²) in [6.07, 6.45) is 2.34. The summed E-state index contributed by atoms with van der Waals surface area (Å²) in [6, 6.07) is 11.8. The molecule has 0 spiro atoms. The maximum Gasteiger partial charge on any atom is 0.323 e. The fourth-order valence-corrected chi connectivity index (χ4v) is 2.21. The zero-order valence-electron chi connectivity index (χ0n) is 14.9. The predicted molar refractivity (Wildman–Crippen MR) is 104 cm³/mol. The van der Waals surface area contributed by atoms with Gasteiger partial charge in [-0.1, -0.05) is 6.07 Å². The van der Waals surface area contributed by atoms with E-state index < -0.39 is 11.8 Å². The van der Waals surface area contributed by atoms with Crippen molar-refractivity contribution in [1.82, 2.24) is 0 Å². The number of halogens is 1. The fourth-order valence-electron chi connectivity index (χ4n) is 2.21. The first-order valence-electron chi connectivity index (χ1n) is 8.26. The summed E-state index contributed by atoms with van der Waals surface area (Å²) in [6.45, 7) is 1.50. The number of hydrogen-bond donors (Lipinski definition) is 4. The molecule has 0 bridgehead atoms. The fraction of sp³-hybridized carbons (Fsp3) is 0.158. The molecule has 2 aromatic carbocycles. The molecule has 0 aromatic heterocycles. The Labute approximate surface area is 156 Å².